The minimum Gasteiger partial charge on any atom is -0.494 e. The van der Waals surface area contributed by atoms with Gasteiger partial charge in [-0.1, -0.05) is 36.4 Å². The van der Waals surface area contributed by atoms with E-state index in [0.29, 0.717) is 45.7 Å². The number of benzene rings is 3. The summed E-state index contributed by atoms with van der Waals surface area (Å²) >= 11 is 0. The number of aliphatic imine (C=N–C) groups is 1. The molecule has 0 unspecified atom stereocenters. The highest BCUT2D eigenvalue weighted by Gasteiger charge is 2.16. The van der Waals surface area contributed by atoms with E-state index in [2.05, 4.69) is 20.4 Å². The van der Waals surface area contributed by atoms with Crippen LogP contribution in [0.15, 0.2) is 77.8 Å². The molecule has 39 heavy (non-hydrogen) atoms. The summed E-state index contributed by atoms with van der Waals surface area (Å²) in [5, 5.41) is 27.3. The summed E-state index contributed by atoms with van der Waals surface area (Å²) in [6.45, 7) is 1.90. The van der Waals surface area contributed by atoms with Crippen LogP contribution < -0.4 is 5.32 Å². The van der Waals surface area contributed by atoms with E-state index in [9.17, 15) is 14.7 Å². The van der Waals surface area contributed by atoms with Gasteiger partial charge in [-0.05, 0) is 55.3 Å². The quantitative estimate of drug-likeness (QED) is 0.174. The third-order valence-corrected chi connectivity index (χ3v) is 6.38. The summed E-state index contributed by atoms with van der Waals surface area (Å²) in [6.07, 6.45) is 2.16. The zero-order valence-corrected chi connectivity index (χ0v) is 21.5. The van der Waals surface area contributed by atoms with Gasteiger partial charge in [-0.3, -0.25) is 19.3 Å². The molecule has 1 amide bonds. The van der Waals surface area contributed by atoms with Crippen LogP contribution in [0.4, 0.5) is 11.4 Å². The minimum atomic E-state index is -0.318. The van der Waals surface area contributed by atoms with Crippen LogP contribution in [-0.2, 0) is 13.5 Å². The van der Waals surface area contributed by atoms with Crippen molar-refractivity contribution in [3.63, 3.8) is 0 Å². The number of aromatic nitrogens is 3. The number of aromatic hydroxyl groups is 1. The Morgan fingerprint density at radius 1 is 1.05 bits per heavy atom. The first-order valence-corrected chi connectivity index (χ1v) is 12.4. The first kappa shape index (κ1) is 25.6. The Labute approximate surface area is 224 Å². The number of aliphatic hydroxyl groups excluding tert-OH is 1. The lowest BCUT2D eigenvalue weighted by Gasteiger charge is -2.08. The standard InChI is InChI=1S/C30H27N5O4/c1-18-14-27(35(2)34-18)30(39)32-23-5-3-4-20(15-23)28(37)21-8-11-24-25(29(38)33-26(24)16-21)17-31-22-9-6-19(7-10-22)12-13-36/h3-11,14-17,33,36,38H,12-13H2,1-2H3,(H,32,39). The molecule has 5 rings (SSSR count). The first-order valence-electron chi connectivity index (χ1n) is 12.4. The van der Waals surface area contributed by atoms with E-state index in [1.54, 1.807) is 61.8 Å². The predicted molar refractivity (Wildman–Crippen MR) is 150 cm³/mol. The van der Waals surface area contributed by atoms with Gasteiger partial charge in [0.15, 0.2) is 11.7 Å². The third-order valence-electron chi connectivity index (χ3n) is 6.38. The molecule has 2 heterocycles. The lowest BCUT2D eigenvalue weighted by Crippen LogP contribution is -2.16. The number of hydrogen-bond donors (Lipinski definition) is 4. The fourth-order valence-electron chi connectivity index (χ4n) is 4.42. The van der Waals surface area contributed by atoms with E-state index in [0.717, 1.165) is 16.6 Å². The SMILES string of the molecule is Cc1cc(C(=O)Nc2cccc(C(=O)c3ccc4c(C=Nc5ccc(CCO)cc5)c(O)[nH]c4c3)c2)n(C)n1. The van der Waals surface area contributed by atoms with Crippen LogP contribution >= 0.6 is 0 Å². The largest absolute Gasteiger partial charge is 0.494 e. The molecule has 0 aliphatic heterocycles. The highest BCUT2D eigenvalue weighted by molar-refractivity contribution is 6.13. The molecule has 196 valence electrons. The number of aliphatic hydroxyl groups is 1. The van der Waals surface area contributed by atoms with Gasteiger partial charge in [0.25, 0.3) is 5.91 Å². The second-order valence-electron chi connectivity index (χ2n) is 9.20. The van der Waals surface area contributed by atoms with Crippen molar-refractivity contribution in [2.45, 2.75) is 13.3 Å². The number of carbonyl (C=O) groups is 2. The van der Waals surface area contributed by atoms with Gasteiger partial charge in [0.05, 0.1) is 16.9 Å². The molecule has 0 fully saturated rings. The van der Waals surface area contributed by atoms with Gasteiger partial charge in [-0.25, -0.2) is 0 Å². The van der Waals surface area contributed by atoms with Gasteiger partial charge in [-0.2, -0.15) is 5.10 Å². The van der Waals surface area contributed by atoms with Crippen molar-refractivity contribution in [1.29, 1.82) is 0 Å². The molecule has 0 atom stereocenters. The maximum Gasteiger partial charge on any atom is 0.273 e. The third kappa shape index (κ3) is 5.48. The maximum absolute atomic E-state index is 13.3. The monoisotopic (exact) mass is 521 g/mol. The summed E-state index contributed by atoms with van der Waals surface area (Å²) in [5.41, 5.74) is 5.31. The van der Waals surface area contributed by atoms with Crippen molar-refractivity contribution in [3.05, 3.63) is 106 Å². The van der Waals surface area contributed by atoms with Gasteiger partial charge in [0, 0.05) is 47.6 Å². The number of aryl methyl sites for hydroxylation is 2. The number of amides is 1. The summed E-state index contributed by atoms with van der Waals surface area (Å²) in [7, 11) is 1.70. The molecule has 2 aromatic heterocycles. The Morgan fingerprint density at radius 2 is 1.82 bits per heavy atom. The van der Waals surface area contributed by atoms with Gasteiger partial charge < -0.3 is 20.5 Å². The van der Waals surface area contributed by atoms with E-state index >= 15 is 0 Å². The van der Waals surface area contributed by atoms with Crippen molar-refractivity contribution in [1.82, 2.24) is 14.8 Å². The van der Waals surface area contributed by atoms with Crippen molar-refractivity contribution in [3.8, 4) is 5.88 Å². The second-order valence-corrected chi connectivity index (χ2v) is 9.20. The van der Waals surface area contributed by atoms with E-state index in [4.69, 9.17) is 5.11 Å². The van der Waals surface area contributed by atoms with Crippen LogP contribution in [0.25, 0.3) is 10.9 Å². The normalized spacial score (nSPS) is 11.4. The number of ketones is 1. The molecule has 4 N–H and O–H groups in total. The van der Waals surface area contributed by atoms with E-state index < -0.39 is 0 Å². The molecule has 9 heteroatoms. The molecule has 3 aromatic carbocycles. The van der Waals surface area contributed by atoms with Crippen LogP contribution in [0.1, 0.15) is 43.2 Å². The zero-order valence-electron chi connectivity index (χ0n) is 21.5. The number of fused-ring (bicyclic) bond motifs is 1. The molecule has 0 saturated carbocycles. The predicted octanol–water partition coefficient (Wildman–Crippen LogP) is 4.68. The highest BCUT2D eigenvalue weighted by Crippen LogP contribution is 2.28. The molecule has 0 spiro atoms. The average Bonchev–Trinajstić information content (AvgIpc) is 3.44. The molecular formula is C30H27N5O4. The van der Waals surface area contributed by atoms with Gasteiger partial charge in [-0.15, -0.1) is 0 Å². The lowest BCUT2D eigenvalue weighted by atomic mass is 10.0. The van der Waals surface area contributed by atoms with Crippen LogP contribution in [0.5, 0.6) is 5.88 Å². The Hall–Kier alpha value is -5.02. The Morgan fingerprint density at radius 3 is 2.54 bits per heavy atom. The highest BCUT2D eigenvalue weighted by atomic mass is 16.3. The maximum atomic E-state index is 13.3. The summed E-state index contributed by atoms with van der Waals surface area (Å²) in [5.74, 6) is -0.594. The fourth-order valence-corrected chi connectivity index (χ4v) is 4.42. The molecule has 0 saturated heterocycles. The smallest absolute Gasteiger partial charge is 0.273 e. The fraction of sp³-hybridized carbons (Fsp3) is 0.133. The molecule has 0 bridgehead atoms. The first-order chi connectivity index (χ1) is 18.8. The number of carbonyl (C=O) groups excluding carboxylic acids is 2. The molecular weight excluding hydrogens is 494 g/mol. The van der Waals surface area contributed by atoms with E-state index in [-0.39, 0.29) is 24.2 Å². The van der Waals surface area contributed by atoms with Crippen molar-refractivity contribution >= 4 is 40.2 Å². The number of rotatable bonds is 8. The molecule has 0 radical (unpaired) electrons. The topological polar surface area (TPSA) is 133 Å². The second kappa shape index (κ2) is 10.8. The Balaban J connectivity index is 1.35. The number of hydrogen-bond acceptors (Lipinski definition) is 6. The van der Waals surface area contributed by atoms with Gasteiger partial charge in [0.2, 0.25) is 0 Å². The van der Waals surface area contributed by atoms with Crippen LogP contribution in [0, 0.1) is 6.92 Å². The van der Waals surface area contributed by atoms with Crippen LogP contribution in [-0.4, -0.2) is 49.5 Å². The van der Waals surface area contributed by atoms with Crippen LogP contribution in [0.2, 0.25) is 0 Å². The van der Waals surface area contributed by atoms with E-state index in [1.165, 1.54) is 4.68 Å². The molecule has 5 aromatic rings. The number of anilines is 1. The number of aromatic amines is 1. The molecule has 0 aliphatic carbocycles. The zero-order chi connectivity index (χ0) is 27.5. The van der Waals surface area contributed by atoms with Crippen molar-refractivity contribution in [2.24, 2.45) is 12.0 Å². The Bertz CT molecular complexity index is 1710. The summed E-state index contributed by atoms with van der Waals surface area (Å²) in [6, 6.07) is 21.1. The Kier molecular flexibility index (Phi) is 7.07. The minimum absolute atomic E-state index is 0.0506. The van der Waals surface area contributed by atoms with Crippen molar-refractivity contribution in [2.75, 3.05) is 11.9 Å². The van der Waals surface area contributed by atoms with Crippen molar-refractivity contribution < 1.29 is 19.8 Å². The lowest BCUT2D eigenvalue weighted by molar-refractivity contribution is 0.101. The van der Waals surface area contributed by atoms with Gasteiger partial charge >= 0.3 is 0 Å². The van der Waals surface area contributed by atoms with E-state index in [1.807, 2.05) is 31.2 Å². The summed E-state index contributed by atoms with van der Waals surface area (Å²) in [4.78, 5) is 33.3. The summed E-state index contributed by atoms with van der Waals surface area (Å²) < 4.78 is 1.51. The van der Waals surface area contributed by atoms with Gasteiger partial charge in [0.1, 0.15) is 5.69 Å². The number of H-pyrrole nitrogens is 1. The number of nitrogens with one attached hydrogen (secondary N) is 2. The molecule has 9 nitrogen and oxygen atoms in total. The average molecular weight is 522 g/mol. The van der Waals surface area contributed by atoms with Crippen LogP contribution in [0.3, 0.4) is 0 Å². The molecule has 0 aliphatic rings. The number of nitrogens with zero attached hydrogens (tertiary/aromatic N) is 3.